The number of benzene rings is 1. The number of hydrogen-bond donors (Lipinski definition) is 2. The van der Waals surface area contributed by atoms with Crippen LogP contribution in [0.1, 0.15) is 59.7 Å². The summed E-state index contributed by atoms with van der Waals surface area (Å²) in [5.74, 6) is 0.240. The molecule has 0 radical (unpaired) electrons. The molecule has 2 aromatic rings. The van der Waals surface area contributed by atoms with Crippen molar-refractivity contribution >= 4 is 17.5 Å². The molecule has 1 saturated carbocycles. The van der Waals surface area contributed by atoms with Crippen LogP contribution in [0.25, 0.3) is 0 Å². The fourth-order valence-electron chi connectivity index (χ4n) is 4.68. The van der Waals surface area contributed by atoms with Crippen molar-refractivity contribution in [2.24, 2.45) is 17.0 Å². The summed E-state index contributed by atoms with van der Waals surface area (Å²) in [5.41, 5.74) is 2.17. The van der Waals surface area contributed by atoms with Gasteiger partial charge in [0.15, 0.2) is 11.6 Å². The van der Waals surface area contributed by atoms with Crippen LogP contribution in [0, 0.1) is 24.6 Å². The van der Waals surface area contributed by atoms with Gasteiger partial charge >= 0.3 is 0 Å². The Labute approximate surface area is 203 Å². The molecule has 1 atom stereocenters. The van der Waals surface area contributed by atoms with Crippen molar-refractivity contribution < 1.29 is 23.6 Å². The van der Waals surface area contributed by atoms with E-state index >= 15 is 0 Å². The predicted molar refractivity (Wildman–Crippen MR) is 126 cm³/mol. The summed E-state index contributed by atoms with van der Waals surface area (Å²) in [6, 6.07) is 6.04. The molecule has 186 valence electrons. The first-order valence-electron chi connectivity index (χ1n) is 11.8. The molecule has 2 amide bonds. The molecule has 1 aromatic carbocycles. The van der Waals surface area contributed by atoms with E-state index in [0.29, 0.717) is 35.1 Å². The average Bonchev–Trinajstić information content (AvgIpc) is 3.38. The maximum absolute atomic E-state index is 13.6. The molecular formula is C25H30FN5O4. The third-order valence-electron chi connectivity index (χ3n) is 6.64. The molecule has 0 bridgehead atoms. The Balaban J connectivity index is 1.37. The minimum atomic E-state index is -0.462. The van der Waals surface area contributed by atoms with Crippen molar-refractivity contribution in [1.29, 1.82) is 0 Å². The Hall–Kier alpha value is -3.56. The Bertz CT molecular complexity index is 1130. The summed E-state index contributed by atoms with van der Waals surface area (Å²) < 4.78 is 18.6. The molecule has 1 unspecified atom stereocenters. The number of ether oxygens (including phenoxy) is 1. The van der Waals surface area contributed by atoms with E-state index in [1.165, 1.54) is 13.2 Å². The first kappa shape index (κ1) is 24.6. The highest BCUT2D eigenvalue weighted by molar-refractivity contribution is 6.02. The number of carbonyl (C=O) groups excluding carboxylic acids is 2. The number of oxime groups is 1. The van der Waals surface area contributed by atoms with Crippen molar-refractivity contribution in [3.05, 3.63) is 52.9 Å². The molecule has 0 saturated heterocycles. The number of hydrogen-bond acceptors (Lipinski definition) is 7. The molecular weight excluding hydrogens is 453 g/mol. The third kappa shape index (κ3) is 5.75. The second-order valence-corrected chi connectivity index (χ2v) is 8.95. The van der Waals surface area contributed by atoms with Gasteiger partial charge in [-0.05, 0) is 62.3 Å². The Morgan fingerprint density at radius 1 is 1.17 bits per heavy atom. The zero-order valence-electron chi connectivity index (χ0n) is 20.1. The molecule has 1 fully saturated rings. The highest BCUT2D eigenvalue weighted by Crippen LogP contribution is 2.35. The summed E-state index contributed by atoms with van der Waals surface area (Å²) in [6.45, 7) is 1.91. The highest BCUT2D eigenvalue weighted by Gasteiger charge is 2.35. The SMILES string of the molecule is CNC(=O)C1CCC(C2CC(c3cc(C(=O)NCc4ccc(F)c(OC)c4)nc(C)n3)=NO2)CC1. The van der Waals surface area contributed by atoms with Crippen molar-refractivity contribution in [3.63, 3.8) is 0 Å². The molecule has 2 aliphatic rings. The van der Waals surface area contributed by atoms with E-state index in [2.05, 4.69) is 25.8 Å². The van der Waals surface area contributed by atoms with Gasteiger partial charge in [0, 0.05) is 25.9 Å². The van der Waals surface area contributed by atoms with Crippen LogP contribution in [0.4, 0.5) is 4.39 Å². The molecule has 4 rings (SSSR count). The van der Waals surface area contributed by atoms with Crippen LogP contribution in [-0.2, 0) is 16.2 Å². The number of nitrogens with zero attached hydrogens (tertiary/aromatic N) is 3. The maximum Gasteiger partial charge on any atom is 0.270 e. The normalized spacial score (nSPS) is 21.6. The largest absolute Gasteiger partial charge is 0.494 e. The van der Waals surface area contributed by atoms with Crippen molar-refractivity contribution in [3.8, 4) is 5.75 Å². The van der Waals surface area contributed by atoms with Gasteiger partial charge in [0.25, 0.3) is 5.91 Å². The Kier molecular flexibility index (Phi) is 7.57. The highest BCUT2D eigenvalue weighted by atomic mass is 19.1. The lowest BCUT2D eigenvalue weighted by molar-refractivity contribution is -0.126. The minimum absolute atomic E-state index is 0.0587. The van der Waals surface area contributed by atoms with Crippen LogP contribution < -0.4 is 15.4 Å². The van der Waals surface area contributed by atoms with Crippen LogP contribution in [0.5, 0.6) is 5.75 Å². The molecule has 1 aliphatic heterocycles. The minimum Gasteiger partial charge on any atom is -0.494 e. The molecule has 2 heterocycles. The van der Waals surface area contributed by atoms with Crippen LogP contribution >= 0.6 is 0 Å². The summed E-state index contributed by atoms with van der Waals surface area (Å²) >= 11 is 0. The number of methoxy groups -OCH3 is 1. The number of amides is 2. The second-order valence-electron chi connectivity index (χ2n) is 8.95. The first-order chi connectivity index (χ1) is 16.9. The first-order valence-corrected chi connectivity index (χ1v) is 11.8. The fourth-order valence-corrected chi connectivity index (χ4v) is 4.68. The molecule has 35 heavy (non-hydrogen) atoms. The molecule has 10 heteroatoms. The van der Waals surface area contributed by atoms with E-state index < -0.39 is 5.82 Å². The summed E-state index contributed by atoms with van der Waals surface area (Å²) in [7, 11) is 3.06. The van der Waals surface area contributed by atoms with Gasteiger partial charge in [0.05, 0.1) is 12.8 Å². The van der Waals surface area contributed by atoms with Crippen molar-refractivity contribution in [2.75, 3.05) is 14.2 Å². The molecule has 2 N–H and O–H groups in total. The van der Waals surface area contributed by atoms with Crippen LogP contribution in [-0.4, -0.2) is 47.8 Å². The van der Waals surface area contributed by atoms with E-state index in [-0.39, 0.29) is 41.8 Å². The molecule has 0 spiro atoms. The van der Waals surface area contributed by atoms with Gasteiger partial charge in [-0.15, -0.1) is 0 Å². The Morgan fingerprint density at radius 2 is 1.94 bits per heavy atom. The predicted octanol–water partition coefficient (Wildman–Crippen LogP) is 2.91. The van der Waals surface area contributed by atoms with Gasteiger partial charge in [-0.1, -0.05) is 11.2 Å². The quantitative estimate of drug-likeness (QED) is 0.626. The maximum atomic E-state index is 13.6. The standard InChI is InChI=1S/C25H30FN5O4/c1-14-29-19(20-12-22(35-31-20)16-5-7-17(8-6-16)24(32)27-2)11-21(30-14)25(33)28-13-15-4-9-18(26)23(10-15)34-3/h4,9-11,16-17,22H,5-8,12-13H2,1-3H3,(H,27,32)(H,28,33). The lowest BCUT2D eigenvalue weighted by Gasteiger charge is -2.29. The third-order valence-corrected chi connectivity index (χ3v) is 6.64. The Morgan fingerprint density at radius 3 is 2.66 bits per heavy atom. The lowest BCUT2D eigenvalue weighted by Crippen LogP contribution is -2.33. The van der Waals surface area contributed by atoms with E-state index in [1.54, 1.807) is 32.2 Å². The number of aromatic nitrogens is 2. The lowest BCUT2D eigenvalue weighted by atomic mass is 9.78. The monoisotopic (exact) mass is 483 g/mol. The number of carbonyl (C=O) groups is 2. The number of nitrogens with one attached hydrogen (secondary N) is 2. The summed E-state index contributed by atoms with van der Waals surface area (Å²) in [6.07, 6.45) is 4.05. The van der Waals surface area contributed by atoms with Gasteiger partial charge in [-0.25, -0.2) is 14.4 Å². The van der Waals surface area contributed by atoms with Crippen LogP contribution in [0.15, 0.2) is 29.4 Å². The fraction of sp³-hybridized carbons (Fsp3) is 0.480. The number of rotatable bonds is 7. The topological polar surface area (TPSA) is 115 Å². The average molecular weight is 484 g/mol. The van der Waals surface area contributed by atoms with Crippen molar-refractivity contribution in [1.82, 2.24) is 20.6 Å². The summed E-state index contributed by atoms with van der Waals surface area (Å²) in [4.78, 5) is 39.1. The van der Waals surface area contributed by atoms with Crippen LogP contribution in [0.3, 0.4) is 0 Å². The van der Waals surface area contributed by atoms with Crippen molar-refractivity contribution in [2.45, 2.75) is 51.7 Å². The molecule has 1 aromatic heterocycles. The van der Waals surface area contributed by atoms with E-state index in [0.717, 1.165) is 25.7 Å². The smallest absolute Gasteiger partial charge is 0.270 e. The summed E-state index contributed by atoms with van der Waals surface area (Å²) in [5, 5.41) is 9.79. The van der Waals surface area contributed by atoms with Gasteiger partial charge in [0.2, 0.25) is 5.91 Å². The van der Waals surface area contributed by atoms with Gasteiger partial charge in [-0.2, -0.15) is 0 Å². The number of halogens is 1. The second kappa shape index (κ2) is 10.8. The van der Waals surface area contributed by atoms with Gasteiger partial charge < -0.3 is 20.2 Å². The molecule has 1 aliphatic carbocycles. The van der Waals surface area contributed by atoms with E-state index in [9.17, 15) is 14.0 Å². The number of aryl methyl sites for hydroxylation is 1. The molecule has 9 nitrogen and oxygen atoms in total. The van der Waals surface area contributed by atoms with Gasteiger partial charge in [0.1, 0.15) is 23.3 Å². The van der Waals surface area contributed by atoms with E-state index in [4.69, 9.17) is 9.57 Å². The zero-order valence-corrected chi connectivity index (χ0v) is 20.1. The zero-order chi connectivity index (χ0) is 24.9. The van der Waals surface area contributed by atoms with E-state index in [1.807, 2.05) is 0 Å². The van der Waals surface area contributed by atoms with Gasteiger partial charge in [-0.3, -0.25) is 9.59 Å². The van der Waals surface area contributed by atoms with Crippen LogP contribution in [0.2, 0.25) is 0 Å².